The highest BCUT2D eigenvalue weighted by molar-refractivity contribution is 5.83. The van der Waals surface area contributed by atoms with Gasteiger partial charge in [0.05, 0.1) is 0 Å². The number of anilines is 1. The third-order valence-electron chi connectivity index (χ3n) is 3.98. The molecule has 2 heteroatoms. The molecule has 0 atom stereocenters. The number of nitrogens with zero attached hydrogens (tertiary/aromatic N) is 1. The molecule has 104 valence electrons. The lowest BCUT2D eigenvalue weighted by atomic mass is 9.82. The first-order chi connectivity index (χ1) is 8.72. The second-order valence-corrected chi connectivity index (χ2v) is 7.20. The van der Waals surface area contributed by atoms with Gasteiger partial charge in [0, 0.05) is 30.6 Å². The highest BCUT2D eigenvalue weighted by atomic mass is 16.1. The van der Waals surface area contributed by atoms with E-state index < -0.39 is 0 Å². The fraction of sp³-hybridized carbons (Fsp3) is 0.588. The molecule has 0 amide bonds. The van der Waals surface area contributed by atoms with E-state index in [-0.39, 0.29) is 11.0 Å². The molecule has 1 aromatic carbocycles. The number of rotatable bonds is 1. The predicted octanol–water partition coefficient (Wildman–Crippen LogP) is 3.93. The molecule has 1 aromatic rings. The Kier molecular flexibility index (Phi) is 3.46. The van der Waals surface area contributed by atoms with Crippen LogP contribution in [-0.4, -0.2) is 17.9 Å². The summed E-state index contributed by atoms with van der Waals surface area (Å²) in [6.07, 6.45) is 1.31. The summed E-state index contributed by atoms with van der Waals surface area (Å²) in [5, 5.41) is 0. The predicted molar refractivity (Wildman–Crippen MR) is 80.8 cm³/mol. The smallest absolute Gasteiger partial charge is 0.136 e. The molecule has 0 bridgehead atoms. The van der Waals surface area contributed by atoms with E-state index in [1.165, 1.54) is 11.3 Å². The van der Waals surface area contributed by atoms with Crippen molar-refractivity contribution in [3.05, 3.63) is 29.8 Å². The van der Waals surface area contributed by atoms with Gasteiger partial charge in [-0.05, 0) is 30.9 Å². The minimum absolute atomic E-state index is 0.0866. The number of benzene rings is 1. The zero-order chi connectivity index (χ0) is 14.3. The highest BCUT2D eigenvalue weighted by Crippen LogP contribution is 2.37. The summed E-state index contributed by atoms with van der Waals surface area (Å²) in [5.74, 6) is 0.384. The summed E-state index contributed by atoms with van der Waals surface area (Å²) >= 11 is 0. The van der Waals surface area contributed by atoms with Gasteiger partial charge in [0.1, 0.15) is 5.78 Å². The van der Waals surface area contributed by atoms with Gasteiger partial charge in [-0.15, -0.1) is 0 Å². The maximum absolute atomic E-state index is 11.7. The van der Waals surface area contributed by atoms with Gasteiger partial charge in [0.15, 0.2) is 0 Å². The molecule has 1 aliphatic rings. The second kappa shape index (κ2) is 4.66. The first-order valence-electron chi connectivity index (χ1n) is 7.11. The first-order valence-corrected chi connectivity index (χ1v) is 7.11. The molecular weight excluding hydrogens is 234 g/mol. The molecule has 0 spiro atoms. The number of carbonyl (C=O) groups excluding carboxylic acids is 1. The van der Waals surface area contributed by atoms with Crippen LogP contribution >= 0.6 is 0 Å². The zero-order valence-electron chi connectivity index (χ0n) is 12.8. The highest BCUT2D eigenvalue weighted by Gasteiger charge is 2.35. The van der Waals surface area contributed by atoms with Gasteiger partial charge < -0.3 is 4.90 Å². The second-order valence-electron chi connectivity index (χ2n) is 7.20. The van der Waals surface area contributed by atoms with E-state index in [0.717, 1.165) is 6.54 Å². The molecule has 1 saturated heterocycles. The van der Waals surface area contributed by atoms with Crippen LogP contribution in [0.15, 0.2) is 24.3 Å². The van der Waals surface area contributed by atoms with Gasteiger partial charge >= 0.3 is 0 Å². The van der Waals surface area contributed by atoms with Crippen LogP contribution in [0, 0.1) is 0 Å². The maximum atomic E-state index is 11.7. The average molecular weight is 259 g/mol. The molecule has 1 heterocycles. The van der Waals surface area contributed by atoms with Crippen LogP contribution < -0.4 is 4.90 Å². The Hall–Kier alpha value is -1.31. The lowest BCUT2D eigenvalue weighted by Gasteiger charge is -2.45. The topological polar surface area (TPSA) is 20.3 Å². The molecule has 1 aliphatic heterocycles. The number of hydrogen-bond acceptors (Lipinski definition) is 2. The molecule has 0 radical (unpaired) electrons. The van der Waals surface area contributed by atoms with Crippen molar-refractivity contribution >= 4 is 11.5 Å². The van der Waals surface area contributed by atoms with Crippen LogP contribution in [0.25, 0.3) is 0 Å². The summed E-state index contributed by atoms with van der Waals surface area (Å²) in [6.45, 7) is 11.9. The Morgan fingerprint density at radius 3 is 2.37 bits per heavy atom. The summed E-state index contributed by atoms with van der Waals surface area (Å²) in [7, 11) is 0. The fourth-order valence-electron chi connectivity index (χ4n) is 3.00. The van der Waals surface area contributed by atoms with Crippen molar-refractivity contribution in [2.45, 2.75) is 58.4 Å². The van der Waals surface area contributed by atoms with Crippen molar-refractivity contribution in [3.63, 3.8) is 0 Å². The van der Waals surface area contributed by atoms with E-state index in [9.17, 15) is 4.79 Å². The van der Waals surface area contributed by atoms with Crippen molar-refractivity contribution in [1.82, 2.24) is 0 Å². The third-order valence-corrected chi connectivity index (χ3v) is 3.98. The first kappa shape index (κ1) is 14.1. The molecule has 0 saturated carbocycles. The van der Waals surface area contributed by atoms with Crippen molar-refractivity contribution < 1.29 is 4.79 Å². The molecule has 2 rings (SSSR count). The quantitative estimate of drug-likeness (QED) is 0.761. The SMILES string of the molecule is CC(C)(C)c1ccccc1N1CCC(=O)CC1(C)C. The number of hydrogen-bond donors (Lipinski definition) is 0. The Balaban J connectivity index is 2.45. The van der Waals surface area contributed by atoms with Gasteiger partial charge in [-0.1, -0.05) is 39.0 Å². The van der Waals surface area contributed by atoms with Gasteiger partial charge in [-0.2, -0.15) is 0 Å². The monoisotopic (exact) mass is 259 g/mol. The Morgan fingerprint density at radius 2 is 1.79 bits per heavy atom. The van der Waals surface area contributed by atoms with Crippen molar-refractivity contribution in [2.75, 3.05) is 11.4 Å². The van der Waals surface area contributed by atoms with E-state index in [4.69, 9.17) is 0 Å². The number of ketones is 1. The Bertz CT molecular complexity index is 482. The molecule has 0 aliphatic carbocycles. The summed E-state index contributed by atoms with van der Waals surface area (Å²) < 4.78 is 0. The Morgan fingerprint density at radius 1 is 1.16 bits per heavy atom. The van der Waals surface area contributed by atoms with E-state index in [2.05, 4.69) is 63.8 Å². The summed E-state index contributed by atoms with van der Waals surface area (Å²) in [6, 6.07) is 8.60. The molecule has 2 nitrogen and oxygen atoms in total. The van der Waals surface area contributed by atoms with Crippen LogP contribution in [0.3, 0.4) is 0 Å². The van der Waals surface area contributed by atoms with E-state index in [1.54, 1.807) is 0 Å². The van der Waals surface area contributed by atoms with Crippen LogP contribution in [0.2, 0.25) is 0 Å². The number of Topliss-reactive ketones (excluding diaryl/α,β-unsaturated/α-hetero) is 1. The molecule has 0 aromatic heterocycles. The number of piperidine rings is 1. The van der Waals surface area contributed by atoms with Crippen molar-refractivity contribution in [1.29, 1.82) is 0 Å². The lowest BCUT2D eigenvalue weighted by Crippen LogP contribution is -2.51. The molecule has 0 unspecified atom stereocenters. The fourth-order valence-corrected chi connectivity index (χ4v) is 3.00. The number of para-hydroxylation sites is 1. The third kappa shape index (κ3) is 2.83. The van der Waals surface area contributed by atoms with Crippen molar-refractivity contribution in [2.24, 2.45) is 0 Å². The lowest BCUT2D eigenvalue weighted by molar-refractivity contribution is -0.121. The molecule has 1 fully saturated rings. The summed E-state index contributed by atoms with van der Waals surface area (Å²) in [5.41, 5.74) is 2.68. The minimum atomic E-state index is -0.0866. The normalized spacial score (nSPS) is 19.6. The van der Waals surface area contributed by atoms with Crippen molar-refractivity contribution in [3.8, 4) is 0 Å². The maximum Gasteiger partial charge on any atom is 0.136 e. The number of carbonyl (C=O) groups is 1. The largest absolute Gasteiger partial charge is 0.365 e. The van der Waals surface area contributed by atoms with Crippen LogP contribution in [0.5, 0.6) is 0 Å². The molecule has 0 N–H and O–H groups in total. The molecular formula is C17H25NO. The van der Waals surface area contributed by atoms with E-state index in [0.29, 0.717) is 18.6 Å². The standard InChI is InChI=1S/C17H25NO/c1-16(2,3)14-8-6-7-9-15(14)18-11-10-13(19)12-17(18,4)5/h6-9H,10-12H2,1-5H3. The van der Waals surface area contributed by atoms with Gasteiger partial charge in [0.25, 0.3) is 0 Å². The average Bonchev–Trinajstić information content (AvgIpc) is 2.26. The summed E-state index contributed by atoms with van der Waals surface area (Å²) in [4.78, 5) is 14.1. The van der Waals surface area contributed by atoms with Gasteiger partial charge in [0.2, 0.25) is 0 Å². The van der Waals surface area contributed by atoms with Gasteiger partial charge in [-0.25, -0.2) is 0 Å². The van der Waals surface area contributed by atoms with Crippen LogP contribution in [0.4, 0.5) is 5.69 Å². The van der Waals surface area contributed by atoms with E-state index >= 15 is 0 Å². The van der Waals surface area contributed by atoms with Crippen LogP contribution in [-0.2, 0) is 10.2 Å². The minimum Gasteiger partial charge on any atom is -0.365 e. The van der Waals surface area contributed by atoms with E-state index in [1.807, 2.05) is 0 Å². The Labute approximate surface area is 116 Å². The van der Waals surface area contributed by atoms with Gasteiger partial charge in [-0.3, -0.25) is 4.79 Å². The van der Waals surface area contributed by atoms with Crippen LogP contribution in [0.1, 0.15) is 53.0 Å². The molecule has 19 heavy (non-hydrogen) atoms. The zero-order valence-corrected chi connectivity index (χ0v) is 12.8.